The molecule has 15 heteroatoms. The average Bonchev–Trinajstić information content (AvgIpc) is 3.04. The quantitative estimate of drug-likeness (QED) is 0.0704. The highest BCUT2D eigenvalue weighted by molar-refractivity contribution is 5.69. The van der Waals surface area contributed by atoms with Gasteiger partial charge in [0.15, 0.2) is 0 Å². The summed E-state index contributed by atoms with van der Waals surface area (Å²) in [6, 6.07) is 0. The Kier molecular flexibility index (Phi) is 39.0. The fourth-order valence-corrected chi connectivity index (χ4v) is 2.95. The summed E-state index contributed by atoms with van der Waals surface area (Å²) in [5, 5.41) is 3.02. The van der Waals surface area contributed by atoms with Gasteiger partial charge in [0.1, 0.15) is 0 Å². The first-order valence-electron chi connectivity index (χ1n) is 15.5. The summed E-state index contributed by atoms with van der Waals surface area (Å²) in [4.78, 5) is 10.9. The molecule has 0 aliphatic heterocycles. The van der Waals surface area contributed by atoms with Crippen LogP contribution in [0.5, 0.6) is 0 Å². The lowest BCUT2D eigenvalue weighted by molar-refractivity contribution is -0.141. The minimum atomic E-state index is -0.286. The maximum absolute atomic E-state index is 10.9. The third-order valence-corrected chi connectivity index (χ3v) is 5.27. The molecule has 0 unspecified atom stereocenters. The van der Waals surface area contributed by atoms with Crippen molar-refractivity contribution in [1.29, 1.82) is 0 Å². The first-order valence-corrected chi connectivity index (χ1v) is 15.5. The fourth-order valence-electron chi connectivity index (χ4n) is 2.95. The van der Waals surface area contributed by atoms with Crippen LogP contribution in [-0.2, 0) is 66.4 Å². The predicted molar refractivity (Wildman–Crippen MR) is 160 cm³/mol. The largest absolute Gasteiger partial charge is 0.469 e. The molecule has 0 aliphatic carbocycles. The number of carbonyl (C=O) groups excluding carboxylic acids is 1. The van der Waals surface area contributed by atoms with Crippen molar-refractivity contribution >= 4 is 5.97 Å². The van der Waals surface area contributed by atoms with Crippen molar-refractivity contribution in [2.24, 2.45) is 0 Å². The Morgan fingerprint density at radius 1 is 0.364 bits per heavy atom. The molecule has 0 aromatic rings. The van der Waals surface area contributed by atoms with E-state index in [1.54, 1.807) is 0 Å². The highest BCUT2D eigenvalue weighted by Crippen LogP contribution is 1.89. The molecule has 0 aromatic carbocycles. The number of esters is 1. The van der Waals surface area contributed by atoms with Crippen molar-refractivity contribution in [2.75, 3.05) is 179 Å². The van der Waals surface area contributed by atoms with Crippen molar-refractivity contribution in [3.63, 3.8) is 0 Å². The third-order valence-electron chi connectivity index (χ3n) is 5.27. The van der Waals surface area contributed by atoms with Crippen molar-refractivity contribution in [3.8, 4) is 0 Å². The number of hydrogen-bond donors (Lipinski definition) is 1. The first-order chi connectivity index (χ1) is 21.8. The molecule has 0 bridgehead atoms. The lowest BCUT2D eigenvalue weighted by Gasteiger charge is -2.09. The Labute approximate surface area is 263 Å². The maximum atomic E-state index is 10.9. The molecule has 0 heterocycles. The van der Waals surface area contributed by atoms with E-state index in [0.29, 0.717) is 159 Å². The van der Waals surface area contributed by atoms with Gasteiger partial charge in [-0.3, -0.25) is 4.79 Å². The monoisotopic (exact) mass is 645 g/mol. The maximum Gasteiger partial charge on any atom is 0.307 e. The van der Waals surface area contributed by atoms with E-state index in [2.05, 4.69) is 10.1 Å². The van der Waals surface area contributed by atoms with E-state index < -0.39 is 0 Å². The number of carbonyl (C=O) groups is 1. The van der Waals surface area contributed by atoms with Crippen LogP contribution in [0.1, 0.15) is 6.42 Å². The van der Waals surface area contributed by atoms with Crippen LogP contribution in [0.25, 0.3) is 0 Å². The number of methoxy groups -OCH3 is 1. The molecule has 0 aromatic heterocycles. The zero-order chi connectivity index (χ0) is 31.9. The SMILES string of the molecule is CNCCOCCOCCOCCOCCOCCOCCOCCOCCOCCOCCOCCOCCC(=O)OC. The molecule has 0 saturated carbocycles. The van der Waals surface area contributed by atoms with Gasteiger partial charge in [-0.15, -0.1) is 0 Å². The van der Waals surface area contributed by atoms with E-state index >= 15 is 0 Å². The van der Waals surface area contributed by atoms with Gasteiger partial charge in [0, 0.05) is 6.54 Å². The van der Waals surface area contributed by atoms with Crippen LogP contribution in [0.15, 0.2) is 0 Å². The molecule has 44 heavy (non-hydrogen) atoms. The molecule has 1 N–H and O–H groups in total. The zero-order valence-corrected chi connectivity index (χ0v) is 27.1. The molecule has 0 rings (SSSR count). The van der Waals surface area contributed by atoms with Gasteiger partial charge < -0.3 is 66.9 Å². The molecule has 0 amide bonds. The van der Waals surface area contributed by atoms with Crippen LogP contribution in [0, 0.1) is 0 Å². The van der Waals surface area contributed by atoms with E-state index in [1.165, 1.54) is 7.11 Å². The minimum absolute atomic E-state index is 0.245. The van der Waals surface area contributed by atoms with E-state index in [0.717, 1.165) is 6.54 Å². The first kappa shape index (κ1) is 43.0. The molecule has 0 saturated heterocycles. The third kappa shape index (κ3) is 39.0. The van der Waals surface area contributed by atoms with E-state index in [9.17, 15) is 4.79 Å². The fraction of sp³-hybridized carbons (Fsp3) is 0.966. The smallest absolute Gasteiger partial charge is 0.307 e. The predicted octanol–water partition coefficient (Wildman–Crippen LogP) is -0.0319. The van der Waals surface area contributed by atoms with Gasteiger partial charge in [-0.25, -0.2) is 0 Å². The summed E-state index contributed by atoms with van der Waals surface area (Å²) in [7, 11) is 3.24. The van der Waals surface area contributed by atoms with Crippen LogP contribution in [0.2, 0.25) is 0 Å². The van der Waals surface area contributed by atoms with Crippen LogP contribution >= 0.6 is 0 Å². The lowest BCUT2D eigenvalue weighted by atomic mass is 10.5. The standard InChI is InChI=1S/C29H59NO14/c1-30-4-6-34-8-10-36-12-14-38-16-18-40-20-22-42-24-26-44-28-27-43-25-23-41-21-19-39-17-15-37-13-11-35-9-7-33-5-3-29(31)32-2/h30H,3-28H2,1-2H3. The number of likely N-dealkylation sites (N-methyl/N-ethyl adjacent to an activating group) is 1. The summed E-state index contributed by atoms with van der Waals surface area (Å²) in [5.41, 5.74) is 0. The van der Waals surface area contributed by atoms with Crippen molar-refractivity contribution < 1.29 is 66.4 Å². The van der Waals surface area contributed by atoms with Crippen molar-refractivity contribution in [1.82, 2.24) is 5.32 Å². The number of nitrogens with one attached hydrogen (secondary N) is 1. The second-order valence-corrected chi connectivity index (χ2v) is 8.78. The molecule has 264 valence electrons. The Morgan fingerprint density at radius 3 is 0.773 bits per heavy atom. The zero-order valence-electron chi connectivity index (χ0n) is 27.1. The number of hydrogen-bond acceptors (Lipinski definition) is 15. The average molecular weight is 646 g/mol. The van der Waals surface area contributed by atoms with Crippen LogP contribution < -0.4 is 5.32 Å². The summed E-state index contributed by atoms with van der Waals surface area (Å²) in [5.74, 6) is -0.286. The van der Waals surface area contributed by atoms with Gasteiger partial charge >= 0.3 is 5.97 Å². The van der Waals surface area contributed by atoms with Crippen molar-refractivity contribution in [2.45, 2.75) is 6.42 Å². The second kappa shape index (κ2) is 40.0. The summed E-state index contributed by atoms with van der Waals surface area (Å²) < 4.78 is 69.5. The van der Waals surface area contributed by atoms with Gasteiger partial charge in [-0.1, -0.05) is 0 Å². The normalized spacial score (nSPS) is 11.4. The number of rotatable bonds is 39. The van der Waals surface area contributed by atoms with Gasteiger partial charge in [0.25, 0.3) is 0 Å². The Morgan fingerprint density at radius 2 is 0.568 bits per heavy atom. The topological polar surface area (TPSA) is 149 Å². The Hall–Kier alpha value is -1.05. The Bertz CT molecular complexity index is 550. The van der Waals surface area contributed by atoms with Crippen LogP contribution in [-0.4, -0.2) is 185 Å². The number of ether oxygens (including phenoxy) is 13. The van der Waals surface area contributed by atoms with Gasteiger partial charge in [0.2, 0.25) is 0 Å². The Balaban J connectivity index is 3.04. The molecule has 15 nitrogen and oxygen atoms in total. The van der Waals surface area contributed by atoms with E-state index in [-0.39, 0.29) is 12.4 Å². The molecule has 0 atom stereocenters. The van der Waals surface area contributed by atoms with Gasteiger partial charge in [-0.05, 0) is 7.05 Å². The summed E-state index contributed by atoms with van der Waals surface area (Å²) in [6.07, 6.45) is 0.245. The molecule has 0 fully saturated rings. The van der Waals surface area contributed by atoms with E-state index in [4.69, 9.17) is 56.8 Å². The minimum Gasteiger partial charge on any atom is -0.469 e. The highest BCUT2D eigenvalue weighted by Gasteiger charge is 1.99. The second-order valence-electron chi connectivity index (χ2n) is 8.78. The van der Waals surface area contributed by atoms with Gasteiger partial charge in [0.05, 0.1) is 172 Å². The van der Waals surface area contributed by atoms with E-state index in [1.807, 2.05) is 7.05 Å². The lowest BCUT2D eigenvalue weighted by Crippen LogP contribution is -2.17. The molecular weight excluding hydrogens is 586 g/mol. The molecule has 0 spiro atoms. The van der Waals surface area contributed by atoms with Crippen molar-refractivity contribution in [3.05, 3.63) is 0 Å². The summed E-state index contributed by atoms with van der Waals surface area (Å²) >= 11 is 0. The van der Waals surface area contributed by atoms with Gasteiger partial charge in [-0.2, -0.15) is 0 Å². The highest BCUT2D eigenvalue weighted by atomic mass is 16.6. The molecule has 0 aliphatic rings. The van der Waals surface area contributed by atoms with Crippen LogP contribution in [0.4, 0.5) is 0 Å². The van der Waals surface area contributed by atoms with Crippen LogP contribution in [0.3, 0.4) is 0 Å². The summed E-state index contributed by atoms with van der Waals surface area (Å²) in [6.45, 7) is 13.0. The molecule has 0 radical (unpaired) electrons. The molecular formula is C29H59NO14.